The van der Waals surface area contributed by atoms with Gasteiger partial charge >= 0.3 is 0 Å². The SMILES string of the molecule is CCc1nn(Cc2cccc(C)n2)c2cccc(NC(=O)c3cnc4cc(/C=C\COC5CCCCO5)ccn34)c12. The highest BCUT2D eigenvalue weighted by Crippen LogP contribution is 2.29. The van der Waals surface area contributed by atoms with Crippen molar-refractivity contribution in [2.45, 2.75) is 52.4 Å². The number of amides is 1. The van der Waals surface area contributed by atoms with E-state index in [0.29, 0.717) is 24.5 Å². The van der Waals surface area contributed by atoms with Crippen molar-refractivity contribution in [1.29, 1.82) is 0 Å². The summed E-state index contributed by atoms with van der Waals surface area (Å²) >= 11 is 0. The van der Waals surface area contributed by atoms with Crippen LogP contribution in [-0.4, -0.2) is 49.6 Å². The lowest BCUT2D eigenvalue weighted by Gasteiger charge is -2.21. The summed E-state index contributed by atoms with van der Waals surface area (Å²) in [6.07, 6.45) is 11.3. The van der Waals surface area contributed by atoms with Gasteiger partial charge in [0.05, 0.1) is 41.9 Å². The number of pyridine rings is 2. The fraction of sp³-hybridized carbons (Fsp3) is 0.312. The summed E-state index contributed by atoms with van der Waals surface area (Å²) in [6.45, 7) is 5.87. The zero-order chi connectivity index (χ0) is 28.2. The molecule has 41 heavy (non-hydrogen) atoms. The summed E-state index contributed by atoms with van der Waals surface area (Å²) in [5, 5.41) is 8.93. The second-order valence-corrected chi connectivity index (χ2v) is 10.2. The third-order valence-corrected chi connectivity index (χ3v) is 7.29. The summed E-state index contributed by atoms with van der Waals surface area (Å²) in [7, 11) is 0. The largest absolute Gasteiger partial charge is 0.353 e. The first kappa shape index (κ1) is 26.9. The summed E-state index contributed by atoms with van der Waals surface area (Å²) in [5.41, 5.74) is 6.66. The van der Waals surface area contributed by atoms with Crippen LogP contribution < -0.4 is 5.32 Å². The van der Waals surface area contributed by atoms with E-state index in [1.54, 1.807) is 10.6 Å². The van der Waals surface area contributed by atoms with Gasteiger partial charge in [-0.15, -0.1) is 0 Å². The fourth-order valence-corrected chi connectivity index (χ4v) is 5.27. The van der Waals surface area contributed by atoms with Crippen molar-refractivity contribution < 1.29 is 14.3 Å². The van der Waals surface area contributed by atoms with Gasteiger partial charge in [-0.1, -0.05) is 31.2 Å². The van der Waals surface area contributed by atoms with E-state index in [1.165, 1.54) is 0 Å². The first-order valence-corrected chi connectivity index (χ1v) is 14.2. The number of hydrogen-bond donors (Lipinski definition) is 1. The monoisotopic (exact) mass is 550 g/mol. The maximum absolute atomic E-state index is 13.5. The molecule has 0 saturated carbocycles. The number of anilines is 1. The zero-order valence-electron chi connectivity index (χ0n) is 23.4. The molecular weight excluding hydrogens is 516 g/mol. The molecule has 1 fully saturated rings. The third-order valence-electron chi connectivity index (χ3n) is 7.29. The molecule has 9 heteroatoms. The van der Waals surface area contributed by atoms with Gasteiger partial charge in [-0.05, 0) is 74.6 Å². The molecule has 0 aliphatic carbocycles. The van der Waals surface area contributed by atoms with Gasteiger partial charge in [0.1, 0.15) is 11.3 Å². The quantitative estimate of drug-likeness (QED) is 0.249. The lowest BCUT2D eigenvalue weighted by Crippen LogP contribution is -2.22. The number of ether oxygens (including phenoxy) is 2. The predicted octanol–water partition coefficient (Wildman–Crippen LogP) is 5.81. The molecule has 1 unspecified atom stereocenters. The molecular formula is C32H34N6O3. The van der Waals surface area contributed by atoms with Gasteiger partial charge in [-0.25, -0.2) is 4.98 Å². The molecule has 6 rings (SSSR count). The molecule has 1 atom stereocenters. The van der Waals surface area contributed by atoms with E-state index in [2.05, 4.69) is 22.2 Å². The number of nitrogens with zero attached hydrogens (tertiary/aromatic N) is 5. The van der Waals surface area contributed by atoms with Crippen LogP contribution >= 0.6 is 0 Å². The molecule has 1 aliphatic rings. The smallest absolute Gasteiger partial charge is 0.274 e. The van der Waals surface area contributed by atoms with Crippen LogP contribution in [-0.2, 0) is 22.4 Å². The van der Waals surface area contributed by atoms with Crippen molar-refractivity contribution >= 4 is 34.2 Å². The van der Waals surface area contributed by atoms with Crippen LogP contribution in [0.4, 0.5) is 5.69 Å². The van der Waals surface area contributed by atoms with Crippen LogP contribution in [0.5, 0.6) is 0 Å². The number of hydrogen-bond acceptors (Lipinski definition) is 6. The summed E-state index contributed by atoms with van der Waals surface area (Å²) in [6, 6.07) is 15.8. The lowest BCUT2D eigenvalue weighted by molar-refractivity contribution is -0.155. The van der Waals surface area contributed by atoms with Gasteiger partial charge in [-0.3, -0.25) is 18.9 Å². The first-order chi connectivity index (χ1) is 20.1. The number of fused-ring (bicyclic) bond motifs is 2. The Balaban J connectivity index is 1.19. The number of imidazole rings is 1. The summed E-state index contributed by atoms with van der Waals surface area (Å²) in [4.78, 5) is 22.6. The van der Waals surface area contributed by atoms with E-state index in [1.807, 2.05) is 78.5 Å². The molecule has 9 nitrogen and oxygen atoms in total. The van der Waals surface area contributed by atoms with Crippen LogP contribution in [0.3, 0.4) is 0 Å². The molecule has 1 amide bonds. The van der Waals surface area contributed by atoms with Gasteiger partial charge < -0.3 is 14.8 Å². The minimum Gasteiger partial charge on any atom is -0.353 e. The molecule has 5 aromatic rings. The average molecular weight is 551 g/mol. The Morgan fingerprint density at radius 2 is 2.10 bits per heavy atom. The zero-order valence-corrected chi connectivity index (χ0v) is 23.4. The lowest BCUT2D eigenvalue weighted by atomic mass is 10.1. The first-order valence-electron chi connectivity index (χ1n) is 14.2. The molecule has 1 aromatic carbocycles. The van der Waals surface area contributed by atoms with Crippen LogP contribution in [0.2, 0.25) is 0 Å². The van der Waals surface area contributed by atoms with Gasteiger partial charge in [0, 0.05) is 23.9 Å². The number of benzene rings is 1. The Kier molecular flexibility index (Phi) is 7.89. The number of aromatic nitrogens is 5. The van der Waals surface area contributed by atoms with Crippen molar-refractivity contribution in [3.63, 3.8) is 0 Å². The van der Waals surface area contributed by atoms with E-state index in [4.69, 9.17) is 14.6 Å². The minimum atomic E-state index is -0.232. The Hall–Kier alpha value is -4.34. The Morgan fingerprint density at radius 3 is 2.93 bits per heavy atom. The number of aryl methyl sites for hydroxylation is 2. The minimum absolute atomic E-state index is 0.108. The summed E-state index contributed by atoms with van der Waals surface area (Å²) in [5.74, 6) is -0.232. The number of rotatable bonds is 9. The standard InChI is InChI=1S/C32H34N6O3/c1-3-25-31-26(12-7-13-27(31)38(36-25)21-24-11-6-9-22(2)34-24)35-32(39)28-20-33-29-19-23(15-16-37(28)29)10-8-18-41-30-14-4-5-17-40-30/h6-13,15-16,19-20,30H,3-5,14,17-18,21H2,1-2H3,(H,35,39)/b10-8-. The second-order valence-electron chi connectivity index (χ2n) is 10.2. The Bertz CT molecular complexity index is 1710. The molecule has 1 aliphatic heterocycles. The topological polar surface area (TPSA) is 95.6 Å². The Morgan fingerprint density at radius 1 is 1.20 bits per heavy atom. The number of nitrogens with one attached hydrogen (secondary N) is 1. The van der Waals surface area contributed by atoms with Crippen molar-refractivity contribution in [1.82, 2.24) is 24.1 Å². The molecule has 4 aromatic heterocycles. The van der Waals surface area contributed by atoms with Crippen molar-refractivity contribution in [2.75, 3.05) is 18.5 Å². The van der Waals surface area contributed by atoms with E-state index in [0.717, 1.165) is 71.5 Å². The average Bonchev–Trinajstić information content (AvgIpc) is 3.58. The molecule has 0 bridgehead atoms. The van der Waals surface area contributed by atoms with Crippen LogP contribution in [0.25, 0.3) is 22.6 Å². The van der Waals surface area contributed by atoms with Gasteiger partial charge in [0.2, 0.25) is 0 Å². The highest BCUT2D eigenvalue weighted by atomic mass is 16.7. The van der Waals surface area contributed by atoms with Crippen molar-refractivity contribution in [2.24, 2.45) is 0 Å². The van der Waals surface area contributed by atoms with Crippen LogP contribution in [0.15, 0.2) is 67.0 Å². The maximum Gasteiger partial charge on any atom is 0.274 e. The molecule has 5 heterocycles. The molecule has 0 spiro atoms. The highest BCUT2D eigenvalue weighted by Gasteiger charge is 2.18. The molecule has 210 valence electrons. The fourth-order valence-electron chi connectivity index (χ4n) is 5.27. The van der Waals surface area contributed by atoms with E-state index in [-0.39, 0.29) is 12.2 Å². The predicted molar refractivity (Wildman–Crippen MR) is 159 cm³/mol. The summed E-state index contributed by atoms with van der Waals surface area (Å²) < 4.78 is 15.1. The maximum atomic E-state index is 13.5. The molecule has 1 saturated heterocycles. The van der Waals surface area contributed by atoms with Gasteiger partial charge in [0.25, 0.3) is 5.91 Å². The van der Waals surface area contributed by atoms with E-state index >= 15 is 0 Å². The number of carbonyl (C=O) groups excluding carboxylic acids is 1. The van der Waals surface area contributed by atoms with E-state index in [9.17, 15) is 4.79 Å². The van der Waals surface area contributed by atoms with Crippen molar-refractivity contribution in [3.8, 4) is 0 Å². The van der Waals surface area contributed by atoms with Gasteiger partial charge in [-0.2, -0.15) is 5.10 Å². The second kappa shape index (κ2) is 12.0. The van der Waals surface area contributed by atoms with Gasteiger partial charge in [0.15, 0.2) is 6.29 Å². The number of carbonyl (C=O) groups is 1. The third kappa shape index (κ3) is 5.91. The Labute approximate surface area is 238 Å². The van der Waals surface area contributed by atoms with E-state index < -0.39 is 0 Å². The normalized spacial score (nSPS) is 15.7. The molecule has 1 N–H and O–H groups in total. The molecule has 0 radical (unpaired) electrons. The van der Waals surface area contributed by atoms with Crippen molar-refractivity contribution in [3.05, 3.63) is 95.3 Å². The van der Waals surface area contributed by atoms with Crippen LogP contribution in [0, 0.1) is 6.92 Å². The van der Waals surface area contributed by atoms with Crippen LogP contribution in [0.1, 0.15) is 59.3 Å². The highest BCUT2D eigenvalue weighted by molar-refractivity contribution is 6.08.